The van der Waals surface area contributed by atoms with Crippen molar-refractivity contribution >= 4 is 33.1 Å². The highest BCUT2D eigenvalue weighted by molar-refractivity contribution is 8.00. The highest BCUT2D eigenvalue weighted by Gasteiger charge is 2.37. The standard InChI is InChI=1S/C13H22N2O2S3/c1-3-14-9-11-5-6-12(19-11)20(16,17)15-10-13(18-2)7-4-8-13/h5-6,14-15H,3-4,7-10H2,1-2H3. The van der Waals surface area contributed by atoms with Crippen molar-refractivity contribution in [3.8, 4) is 0 Å². The quantitative estimate of drug-likeness (QED) is 0.766. The first kappa shape index (κ1) is 16.3. The van der Waals surface area contributed by atoms with Gasteiger partial charge in [0.15, 0.2) is 0 Å². The second-order valence-corrected chi connectivity index (χ2v) is 9.50. The Morgan fingerprint density at radius 2 is 2.15 bits per heavy atom. The Kier molecular flexibility index (Phi) is 5.53. The average Bonchev–Trinajstić information content (AvgIpc) is 2.85. The fourth-order valence-electron chi connectivity index (χ4n) is 2.17. The Morgan fingerprint density at radius 3 is 2.70 bits per heavy atom. The summed E-state index contributed by atoms with van der Waals surface area (Å²) in [7, 11) is -3.36. The van der Waals surface area contributed by atoms with Gasteiger partial charge in [0.2, 0.25) is 10.0 Å². The molecule has 0 spiro atoms. The Hall–Kier alpha value is -0.0800. The van der Waals surface area contributed by atoms with Gasteiger partial charge < -0.3 is 5.32 Å². The van der Waals surface area contributed by atoms with Crippen molar-refractivity contribution in [3.05, 3.63) is 17.0 Å². The van der Waals surface area contributed by atoms with Gasteiger partial charge >= 0.3 is 0 Å². The predicted molar refractivity (Wildman–Crippen MR) is 87.0 cm³/mol. The van der Waals surface area contributed by atoms with Crippen LogP contribution in [0.5, 0.6) is 0 Å². The van der Waals surface area contributed by atoms with E-state index in [1.165, 1.54) is 17.8 Å². The SMILES string of the molecule is CCNCc1ccc(S(=O)(=O)NCC2(SC)CCC2)s1. The summed E-state index contributed by atoms with van der Waals surface area (Å²) < 4.78 is 27.9. The first-order chi connectivity index (χ1) is 9.51. The van der Waals surface area contributed by atoms with Crippen molar-refractivity contribution in [2.45, 2.75) is 41.7 Å². The summed E-state index contributed by atoms with van der Waals surface area (Å²) in [4.78, 5) is 1.05. The third kappa shape index (κ3) is 3.76. The van der Waals surface area contributed by atoms with Crippen molar-refractivity contribution in [1.82, 2.24) is 10.0 Å². The predicted octanol–water partition coefficient (Wildman–Crippen LogP) is 2.42. The van der Waals surface area contributed by atoms with Gasteiger partial charge in [-0.3, -0.25) is 0 Å². The molecule has 0 radical (unpaired) electrons. The molecule has 2 rings (SSSR count). The van der Waals surface area contributed by atoms with Crippen LogP contribution in [0.2, 0.25) is 0 Å². The van der Waals surface area contributed by atoms with Gasteiger partial charge in [-0.15, -0.1) is 11.3 Å². The van der Waals surface area contributed by atoms with Crippen LogP contribution in [-0.4, -0.2) is 32.5 Å². The van der Waals surface area contributed by atoms with Crippen LogP contribution in [0, 0.1) is 0 Å². The Balaban J connectivity index is 1.97. The van der Waals surface area contributed by atoms with Crippen LogP contribution in [0.3, 0.4) is 0 Å². The van der Waals surface area contributed by atoms with Crippen LogP contribution in [0.4, 0.5) is 0 Å². The third-order valence-corrected chi connectivity index (χ3v) is 8.13. The number of thioether (sulfide) groups is 1. The lowest BCUT2D eigenvalue weighted by Gasteiger charge is -2.40. The van der Waals surface area contributed by atoms with E-state index in [4.69, 9.17) is 0 Å². The fraction of sp³-hybridized carbons (Fsp3) is 0.692. The molecule has 0 bridgehead atoms. The summed E-state index contributed by atoms with van der Waals surface area (Å²) in [6.45, 7) is 4.18. The second-order valence-electron chi connectivity index (χ2n) is 5.07. The zero-order valence-corrected chi connectivity index (χ0v) is 14.4. The molecule has 1 heterocycles. The largest absolute Gasteiger partial charge is 0.312 e. The van der Waals surface area contributed by atoms with E-state index >= 15 is 0 Å². The molecular weight excluding hydrogens is 312 g/mol. The lowest BCUT2D eigenvalue weighted by molar-refractivity contribution is 0.362. The van der Waals surface area contributed by atoms with Gasteiger partial charge in [0.1, 0.15) is 4.21 Å². The van der Waals surface area contributed by atoms with Gasteiger partial charge in [0, 0.05) is 22.7 Å². The van der Waals surface area contributed by atoms with Crippen LogP contribution < -0.4 is 10.0 Å². The molecule has 1 fully saturated rings. The zero-order valence-electron chi connectivity index (χ0n) is 11.9. The molecule has 0 atom stereocenters. The first-order valence-electron chi connectivity index (χ1n) is 6.85. The molecule has 20 heavy (non-hydrogen) atoms. The summed E-state index contributed by atoms with van der Waals surface area (Å²) in [6, 6.07) is 3.59. The summed E-state index contributed by atoms with van der Waals surface area (Å²) in [5, 5.41) is 3.20. The van der Waals surface area contributed by atoms with E-state index in [1.807, 2.05) is 13.0 Å². The number of hydrogen-bond donors (Lipinski definition) is 2. The topological polar surface area (TPSA) is 58.2 Å². The van der Waals surface area contributed by atoms with Gasteiger partial charge in [-0.25, -0.2) is 13.1 Å². The lowest BCUT2D eigenvalue weighted by Crippen LogP contribution is -2.45. The fourth-order valence-corrected chi connectivity index (χ4v) is 5.67. The van der Waals surface area contributed by atoms with E-state index in [9.17, 15) is 8.42 Å². The Labute approximate surface area is 129 Å². The summed E-state index contributed by atoms with van der Waals surface area (Å²) in [5.74, 6) is 0. The van der Waals surface area contributed by atoms with Gasteiger partial charge in [0.25, 0.3) is 0 Å². The number of hydrogen-bond acceptors (Lipinski definition) is 5. The maximum absolute atomic E-state index is 12.3. The molecule has 7 heteroatoms. The zero-order chi connectivity index (χ0) is 14.6. The van der Waals surface area contributed by atoms with E-state index in [-0.39, 0.29) is 4.75 Å². The Morgan fingerprint density at radius 1 is 1.40 bits per heavy atom. The van der Waals surface area contributed by atoms with Crippen LogP contribution >= 0.6 is 23.1 Å². The van der Waals surface area contributed by atoms with E-state index in [1.54, 1.807) is 17.8 Å². The molecule has 1 saturated carbocycles. The van der Waals surface area contributed by atoms with E-state index < -0.39 is 10.0 Å². The minimum Gasteiger partial charge on any atom is -0.312 e. The van der Waals surface area contributed by atoms with Crippen molar-refractivity contribution in [3.63, 3.8) is 0 Å². The van der Waals surface area contributed by atoms with Crippen molar-refractivity contribution in [2.24, 2.45) is 0 Å². The molecule has 1 aliphatic carbocycles. The highest BCUT2D eigenvalue weighted by atomic mass is 32.2. The number of nitrogens with one attached hydrogen (secondary N) is 2. The van der Waals surface area contributed by atoms with Gasteiger partial charge in [-0.2, -0.15) is 11.8 Å². The highest BCUT2D eigenvalue weighted by Crippen LogP contribution is 2.42. The molecule has 0 amide bonds. The molecule has 0 saturated heterocycles. The van der Waals surface area contributed by atoms with Crippen LogP contribution in [0.25, 0.3) is 0 Å². The maximum atomic E-state index is 12.3. The van der Waals surface area contributed by atoms with Crippen LogP contribution in [0.1, 0.15) is 31.1 Å². The molecule has 4 nitrogen and oxygen atoms in total. The number of thiophene rings is 1. The van der Waals surface area contributed by atoms with E-state index in [0.717, 1.165) is 30.8 Å². The van der Waals surface area contributed by atoms with Crippen LogP contribution in [0.15, 0.2) is 16.3 Å². The van der Waals surface area contributed by atoms with Crippen LogP contribution in [-0.2, 0) is 16.6 Å². The summed E-state index contributed by atoms with van der Waals surface area (Å²) >= 11 is 3.12. The molecule has 1 aromatic rings. The maximum Gasteiger partial charge on any atom is 0.250 e. The van der Waals surface area contributed by atoms with E-state index in [0.29, 0.717) is 10.8 Å². The molecule has 0 unspecified atom stereocenters. The molecule has 0 aliphatic heterocycles. The minimum absolute atomic E-state index is 0.122. The monoisotopic (exact) mass is 334 g/mol. The molecule has 2 N–H and O–H groups in total. The van der Waals surface area contributed by atoms with Crippen molar-refractivity contribution in [1.29, 1.82) is 0 Å². The third-order valence-electron chi connectivity index (χ3n) is 3.73. The van der Waals surface area contributed by atoms with Gasteiger partial charge in [-0.1, -0.05) is 13.3 Å². The lowest BCUT2D eigenvalue weighted by atomic mass is 9.84. The Bertz CT molecular complexity index is 530. The average molecular weight is 335 g/mol. The minimum atomic E-state index is -3.36. The molecule has 0 aromatic carbocycles. The van der Waals surface area contributed by atoms with Crippen molar-refractivity contribution < 1.29 is 8.42 Å². The number of rotatable bonds is 8. The second kappa shape index (κ2) is 6.79. The molecular formula is C13H22N2O2S3. The van der Waals surface area contributed by atoms with Gasteiger partial charge in [-0.05, 0) is 37.8 Å². The first-order valence-corrected chi connectivity index (χ1v) is 10.4. The molecule has 1 aromatic heterocycles. The number of sulfonamides is 1. The summed E-state index contributed by atoms with van der Waals surface area (Å²) in [6.07, 6.45) is 5.47. The van der Waals surface area contributed by atoms with Crippen molar-refractivity contribution in [2.75, 3.05) is 19.3 Å². The van der Waals surface area contributed by atoms with E-state index in [2.05, 4.69) is 16.3 Å². The van der Waals surface area contributed by atoms with Gasteiger partial charge in [0.05, 0.1) is 0 Å². The summed E-state index contributed by atoms with van der Waals surface area (Å²) in [5.41, 5.74) is 0. The normalized spacial score (nSPS) is 17.9. The molecule has 114 valence electrons. The smallest absolute Gasteiger partial charge is 0.250 e. The molecule has 1 aliphatic rings.